The number of nitrogens with zero attached hydrogens (tertiary/aromatic N) is 2. The van der Waals surface area contributed by atoms with E-state index < -0.39 is 5.41 Å². The van der Waals surface area contributed by atoms with Crippen molar-refractivity contribution < 1.29 is 4.79 Å². The molecule has 1 rings (SSSR count). The Balaban J connectivity index is 2.97. The standard InChI is InChI=1S/C12H18N4OS/c1-5-12(4,9(13)18)10(17)16-11-14-7(2)6-8(3)15-11/h6H,5H2,1-4H3,(H2,13,18)(H,14,15,16,17). The molecule has 0 aliphatic carbocycles. The largest absolute Gasteiger partial charge is 0.392 e. The van der Waals surface area contributed by atoms with E-state index in [-0.39, 0.29) is 16.8 Å². The van der Waals surface area contributed by atoms with Gasteiger partial charge in [-0.15, -0.1) is 0 Å². The van der Waals surface area contributed by atoms with Gasteiger partial charge in [0, 0.05) is 11.4 Å². The number of rotatable bonds is 4. The molecule has 5 nitrogen and oxygen atoms in total. The van der Waals surface area contributed by atoms with Crippen LogP contribution in [0, 0.1) is 19.3 Å². The average Bonchev–Trinajstić information content (AvgIpc) is 2.25. The molecule has 0 aliphatic heterocycles. The first kappa shape index (κ1) is 14.5. The van der Waals surface area contributed by atoms with Crippen LogP contribution in [0.25, 0.3) is 0 Å². The van der Waals surface area contributed by atoms with Gasteiger partial charge >= 0.3 is 0 Å². The number of aromatic nitrogens is 2. The maximum atomic E-state index is 12.2. The molecule has 1 unspecified atom stereocenters. The van der Waals surface area contributed by atoms with Crippen molar-refractivity contribution in [2.75, 3.05) is 5.32 Å². The van der Waals surface area contributed by atoms with E-state index in [9.17, 15) is 4.79 Å². The maximum Gasteiger partial charge on any atom is 0.239 e. The molecule has 0 spiro atoms. The summed E-state index contributed by atoms with van der Waals surface area (Å²) < 4.78 is 0. The Bertz CT molecular complexity index is 469. The third kappa shape index (κ3) is 3.01. The highest BCUT2D eigenvalue weighted by atomic mass is 32.1. The van der Waals surface area contributed by atoms with E-state index in [2.05, 4.69) is 15.3 Å². The van der Waals surface area contributed by atoms with Gasteiger partial charge in [0.1, 0.15) is 0 Å². The first-order valence-corrected chi connectivity index (χ1v) is 6.14. The Kier molecular flexibility index (Phi) is 4.34. The van der Waals surface area contributed by atoms with Gasteiger partial charge in [-0.2, -0.15) is 0 Å². The molecule has 0 saturated carbocycles. The molecule has 1 heterocycles. The van der Waals surface area contributed by atoms with Crippen LogP contribution >= 0.6 is 12.2 Å². The number of anilines is 1. The lowest BCUT2D eigenvalue weighted by Crippen LogP contribution is -2.43. The molecule has 1 aromatic rings. The summed E-state index contributed by atoms with van der Waals surface area (Å²) in [7, 11) is 0. The van der Waals surface area contributed by atoms with Gasteiger partial charge in [0.15, 0.2) is 0 Å². The van der Waals surface area contributed by atoms with E-state index >= 15 is 0 Å². The molecule has 18 heavy (non-hydrogen) atoms. The van der Waals surface area contributed by atoms with Crippen LogP contribution in [-0.2, 0) is 4.79 Å². The first-order valence-electron chi connectivity index (χ1n) is 5.73. The molecule has 1 amide bonds. The van der Waals surface area contributed by atoms with E-state index in [1.54, 1.807) is 6.92 Å². The Morgan fingerprint density at radius 1 is 1.44 bits per heavy atom. The lowest BCUT2D eigenvalue weighted by atomic mass is 9.86. The Morgan fingerprint density at radius 3 is 2.33 bits per heavy atom. The summed E-state index contributed by atoms with van der Waals surface area (Å²) in [5.41, 5.74) is 6.34. The summed E-state index contributed by atoms with van der Waals surface area (Å²) in [6.45, 7) is 7.27. The molecule has 0 saturated heterocycles. The van der Waals surface area contributed by atoms with Gasteiger partial charge in [-0.05, 0) is 33.3 Å². The number of nitrogens with one attached hydrogen (secondary N) is 1. The molecule has 0 radical (unpaired) electrons. The predicted molar refractivity (Wildman–Crippen MR) is 75.3 cm³/mol. The summed E-state index contributed by atoms with van der Waals surface area (Å²) in [6, 6.07) is 1.84. The summed E-state index contributed by atoms with van der Waals surface area (Å²) >= 11 is 4.95. The smallest absolute Gasteiger partial charge is 0.239 e. The average molecular weight is 266 g/mol. The molecule has 1 atom stereocenters. The SMILES string of the molecule is CCC(C)(C(=O)Nc1nc(C)cc(C)n1)C(N)=S. The molecule has 1 aromatic heterocycles. The number of nitrogens with two attached hydrogens (primary N) is 1. The fourth-order valence-corrected chi connectivity index (χ4v) is 1.71. The second-order valence-electron chi connectivity index (χ2n) is 4.48. The fraction of sp³-hybridized carbons (Fsp3) is 0.500. The second kappa shape index (κ2) is 5.39. The van der Waals surface area contributed by atoms with Crippen molar-refractivity contribution in [1.29, 1.82) is 0 Å². The van der Waals surface area contributed by atoms with E-state index in [0.29, 0.717) is 6.42 Å². The predicted octanol–water partition coefficient (Wildman–Crippen LogP) is 1.73. The van der Waals surface area contributed by atoms with Crippen LogP contribution in [0.5, 0.6) is 0 Å². The lowest BCUT2D eigenvalue weighted by Gasteiger charge is -2.24. The molecule has 6 heteroatoms. The van der Waals surface area contributed by atoms with Gasteiger partial charge in [0.2, 0.25) is 11.9 Å². The maximum absolute atomic E-state index is 12.2. The summed E-state index contributed by atoms with van der Waals surface area (Å²) in [6.07, 6.45) is 0.527. The molecule has 3 N–H and O–H groups in total. The summed E-state index contributed by atoms with van der Waals surface area (Å²) in [4.78, 5) is 20.7. The third-order valence-electron chi connectivity index (χ3n) is 2.96. The number of carbonyl (C=O) groups is 1. The third-order valence-corrected chi connectivity index (χ3v) is 3.41. The van der Waals surface area contributed by atoms with Gasteiger partial charge in [0.05, 0.1) is 10.4 Å². The second-order valence-corrected chi connectivity index (χ2v) is 4.92. The highest BCUT2D eigenvalue weighted by Crippen LogP contribution is 2.23. The van der Waals surface area contributed by atoms with E-state index in [0.717, 1.165) is 11.4 Å². The van der Waals surface area contributed by atoms with Gasteiger partial charge in [-0.25, -0.2) is 9.97 Å². The highest BCUT2D eigenvalue weighted by Gasteiger charge is 2.35. The number of hydrogen-bond acceptors (Lipinski definition) is 4. The number of hydrogen-bond donors (Lipinski definition) is 2. The monoisotopic (exact) mass is 266 g/mol. The molecule has 0 bridgehead atoms. The van der Waals surface area contributed by atoms with Crippen molar-refractivity contribution in [3.05, 3.63) is 17.5 Å². The van der Waals surface area contributed by atoms with Crippen molar-refractivity contribution in [1.82, 2.24) is 9.97 Å². The molecule has 0 fully saturated rings. The van der Waals surface area contributed by atoms with Gasteiger partial charge in [-0.1, -0.05) is 19.1 Å². The number of carbonyl (C=O) groups excluding carboxylic acids is 1. The zero-order valence-electron chi connectivity index (χ0n) is 11.1. The first-order chi connectivity index (χ1) is 8.29. The summed E-state index contributed by atoms with van der Waals surface area (Å²) in [5, 5.41) is 2.67. The number of aryl methyl sites for hydroxylation is 2. The van der Waals surface area contributed by atoms with Crippen molar-refractivity contribution in [3.63, 3.8) is 0 Å². The van der Waals surface area contributed by atoms with Crippen molar-refractivity contribution >= 4 is 29.1 Å². The quantitative estimate of drug-likeness (QED) is 0.811. The Labute approximate surface area is 112 Å². The summed E-state index contributed by atoms with van der Waals surface area (Å²) in [5.74, 6) is 0.0101. The van der Waals surface area contributed by atoms with Crippen LogP contribution in [0.1, 0.15) is 31.7 Å². The molecule has 0 aliphatic rings. The Hall–Kier alpha value is -1.56. The molecular formula is C12H18N4OS. The normalized spacial score (nSPS) is 13.8. The van der Waals surface area contributed by atoms with Gasteiger partial charge in [-0.3, -0.25) is 10.1 Å². The Morgan fingerprint density at radius 2 is 1.94 bits per heavy atom. The number of amides is 1. The van der Waals surface area contributed by atoms with Crippen LogP contribution in [0.2, 0.25) is 0 Å². The highest BCUT2D eigenvalue weighted by molar-refractivity contribution is 7.80. The van der Waals surface area contributed by atoms with Crippen LogP contribution in [0.3, 0.4) is 0 Å². The minimum atomic E-state index is -0.879. The van der Waals surface area contributed by atoms with Crippen LogP contribution < -0.4 is 11.1 Å². The van der Waals surface area contributed by atoms with Gasteiger partial charge in [0.25, 0.3) is 0 Å². The topological polar surface area (TPSA) is 80.9 Å². The van der Waals surface area contributed by atoms with Crippen molar-refractivity contribution in [3.8, 4) is 0 Å². The zero-order valence-corrected chi connectivity index (χ0v) is 11.9. The van der Waals surface area contributed by atoms with E-state index in [1.165, 1.54) is 0 Å². The van der Waals surface area contributed by atoms with Crippen LogP contribution in [0.4, 0.5) is 5.95 Å². The van der Waals surface area contributed by atoms with Crippen LogP contribution in [-0.4, -0.2) is 20.9 Å². The lowest BCUT2D eigenvalue weighted by molar-refractivity contribution is -0.121. The molecule has 0 aromatic carbocycles. The molecule has 98 valence electrons. The number of thiocarbonyl (C=S) groups is 1. The minimum absolute atomic E-state index is 0.173. The van der Waals surface area contributed by atoms with Crippen molar-refractivity contribution in [2.24, 2.45) is 11.1 Å². The molecular weight excluding hydrogens is 248 g/mol. The fourth-order valence-electron chi connectivity index (χ4n) is 1.47. The van der Waals surface area contributed by atoms with E-state index in [1.807, 2.05) is 26.8 Å². The minimum Gasteiger partial charge on any atom is -0.392 e. The van der Waals surface area contributed by atoms with Crippen LogP contribution in [0.15, 0.2) is 6.07 Å². The van der Waals surface area contributed by atoms with Gasteiger partial charge < -0.3 is 5.73 Å². The zero-order chi connectivity index (χ0) is 13.9. The van der Waals surface area contributed by atoms with Crippen molar-refractivity contribution in [2.45, 2.75) is 34.1 Å². The van der Waals surface area contributed by atoms with E-state index in [4.69, 9.17) is 18.0 Å².